The summed E-state index contributed by atoms with van der Waals surface area (Å²) < 4.78 is 36.4. The second-order valence-electron chi connectivity index (χ2n) is 6.47. The molecule has 0 spiro atoms. The Hall–Kier alpha value is -2.29. The number of hydrogen-bond acceptors (Lipinski definition) is 3. The monoisotopic (exact) mass is 387 g/mol. The molecule has 1 heterocycles. The third-order valence-electron chi connectivity index (χ3n) is 4.73. The van der Waals surface area contributed by atoms with Crippen molar-refractivity contribution in [2.24, 2.45) is 0 Å². The number of alkyl halides is 3. The molecule has 0 bridgehead atoms. The van der Waals surface area contributed by atoms with Crippen LogP contribution in [0.15, 0.2) is 24.3 Å². The molecule has 2 rings (SSSR count). The molecule has 0 saturated carbocycles. The summed E-state index contributed by atoms with van der Waals surface area (Å²) in [7, 11) is 0. The predicted molar refractivity (Wildman–Crippen MR) is 93.4 cm³/mol. The zero-order valence-electron chi connectivity index (χ0n) is 15.1. The molecule has 0 radical (unpaired) electrons. The van der Waals surface area contributed by atoms with Crippen LogP contribution in [-0.2, 0) is 11.2 Å². The lowest BCUT2D eigenvalue weighted by Crippen LogP contribution is -2.49. The van der Waals surface area contributed by atoms with Gasteiger partial charge < -0.3 is 15.3 Å². The molecule has 1 aromatic rings. The van der Waals surface area contributed by atoms with E-state index in [-0.39, 0.29) is 12.6 Å². The van der Waals surface area contributed by atoms with Gasteiger partial charge in [0.2, 0.25) is 0 Å². The van der Waals surface area contributed by atoms with Gasteiger partial charge in [0, 0.05) is 38.8 Å². The Morgan fingerprint density at radius 3 is 2.22 bits per heavy atom. The van der Waals surface area contributed by atoms with Crippen LogP contribution in [-0.4, -0.2) is 65.8 Å². The molecule has 1 aromatic carbocycles. The fourth-order valence-corrected chi connectivity index (χ4v) is 3.26. The zero-order chi connectivity index (χ0) is 20.0. The van der Waals surface area contributed by atoms with Crippen molar-refractivity contribution in [3.8, 4) is 0 Å². The van der Waals surface area contributed by atoms with Gasteiger partial charge >= 0.3 is 18.2 Å². The first-order valence-corrected chi connectivity index (χ1v) is 8.88. The van der Waals surface area contributed by atoms with E-state index in [9.17, 15) is 22.8 Å². The Labute approximate surface area is 155 Å². The maximum Gasteiger partial charge on any atom is 0.471 e. The normalized spacial score (nSPS) is 16.8. The lowest BCUT2D eigenvalue weighted by atomic mass is 9.99. The Morgan fingerprint density at radius 1 is 1.15 bits per heavy atom. The van der Waals surface area contributed by atoms with Gasteiger partial charge in [0.1, 0.15) is 0 Å². The molecular formula is C18H24F3N3O3. The second-order valence-corrected chi connectivity index (χ2v) is 6.47. The Bertz CT molecular complexity index is 641. The average Bonchev–Trinajstić information content (AvgIpc) is 2.63. The fraction of sp³-hybridized carbons (Fsp3) is 0.556. The van der Waals surface area contributed by atoms with Gasteiger partial charge in [0.05, 0.1) is 0 Å². The van der Waals surface area contributed by atoms with Crippen molar-refractivity contribution < 1.29 is 27.9 Å². The summed E-state index contributed by atoms with van der Waals surface area (Å²) in [5.74, 6) is -1.93. The topological polar surface area (TPSA) is 72.9 Å². The van der Waals surface area contributed by atoms with Crippen molar-refractivity contribution >= 4 is 12.0 Å². The summed E-state index contributed by atoms with van der Waals surface area (Å²) in [6.45, 7) is 4.26. The van der Waals surface area contributed by atoms with E-state index in [1.807, 2.05) is 29.6 Å². The van der Waals surface area contributed by atoms with Crippen LogP contribution >= 0.6 is 0 Å². The van der Waals surface area contributed by atoms with Crippen LogP contribution in [0.5, 0.6) is 0 Å². The maximum atomic E-state index is 12.1. The van der Waals surface area contributed by atoms with Crippen molar-refractivity contribution in [1.29, 1.82) is 0 Å². The predicted octanol–water partition coefficient (Wildman–Crippen LogP) is 2.65. The molecule has 1 unspecified atom stereocenters. The van der Waals surface area contributed by atoms with Crippen LogP contribution < -0.4 is 5.32 Å². The minimum atomic E-state index is -4.86. The quantitative estimate of drug-likeness (QED) is 0.787. The third-order valence-corrected chi connectivity index (χ3v) is 4.73. The molecule has 1 aliphatic rings. The average molecular weight is 387 g/mol. The molecule has 1 aliphatic heterocycles. The minimum Gasteiger partial charge on any atom is -0.465 e. The van der Waals surface area contributed by atoms with Crippen LogP contribution in [0.3, 0.4) is 0 Å². The van der Waals surface area contributed by atoms with Crippen molar-refractivity contribution in [1.82, 2.24) is 15.1 Å². The zero-order valence-corrected chi connectivity index (χ0v) is 15.1. The van der Waals surface area contributed by atoms with Crippen LogP contribution in [0.2, 0.25) is 0 Å². The van der Waals surface area contributed by atoms with Gasteiger partial charge in [-0.25, -0.2) is 4.79 Å². The molecule has 9 heteroatoms. The third kappa shape index (κ3) is 5.85. The second kappa shape index (κ2) is 9.07. The first-order valence-electron chi connectivity index (χ1n) is 8.88. The van der Waals surface area contributed by atoms with Crippen molar-refractivity contribution in [2.75, 3.05) is 32.7 Å². The highest BCUT2D eigenvalue weighted by atomic mass is 19.4. The van der Waals surface area contributed by atoms with E-state index in [1.165, 1.54) is 4.90 Å². The van der Waals surface area contributed by atoms with Gasteiger partial charge in [0.15, 0.2) is 0 Å². The van der Waals surface area contributed by atoms with E-state index in [2.05, 4.69) is 11.8 Å². The summed E-state index contributed by atoms with van der Waals surface area (Å²) in [5, 5.41) is 10.9. The van der Waals surface area contributed by atoms with Gasteiger partial charge in [-0.1, -0.05) is 31.2 Å². The lowest BCUT2D eigenvalue weighted by Gasteiger charge is -2.38. The van der Waals surface area contributed by atoms with Crippen molar-refractivity contribution in [3.05, 3.63) is 35.4 Å². The van der Waals surface area contributed by atoms with E-state index in [0.29, 0.717) is 32.6 Å². The summed E-state index contributed by atoms with van der Waals surface area (Å²) in [5.41, 5.74) is 1.93. The van der Waals surface area contributed by atoms with Crippen molar-refractivity contribution in [3.63, 3.8) is 0 Å². The molecule has 6 nitrogen and oxygen atoms in total. The summed E-state index contributed by atoms with van der Waals surface area (Å²) >= 11 is 0. The number of hydrogen-bond donors (Lipinski definition) is 2. The first-order chi connectivity index (χ1) is 12.7. The van der Waals surface area contributed by atoms with Gasteiger partial charge in [0.25, 0.3) is 0 Å². The Kier molecular flexibility index (Phi) is 7.06. The number of rotatable bonds is 6. The maximum absolute atomic E-state index is 12.1. The number of carbonyl (C=O) groups excluding carboxylic acids is 1. The summed E-state index contributed by atoms with van der Waals surface area (Å²) in [4.78, 5) is 25.5. The fourth-order valence-electron chi connectivity index (χ4n) is 3.26. The largest absolute Gasteiger partial charge is 0.471 e. The van der Waals surface area contributed by atoms with E-state index in [0.717, 1.165) is 17.5 Å². The number of carboxylic acid groups (broad SMARTS) is 1. The van der Waals surface area contributed by atoms with Gasteiger partial charge in [-0.05, 0) is 24.0 Å². The highest BCUT2D eigenvalue weighted by Gasteiger charge is 2.38. The highest BCUT2D eigenvalue weighted by molar-refractivity contribution is 5.81. The molecule has 150 valence electrons. The molecule has 0 aromatic heterocycles. The lowest BCUT2D eigenvalue weighted by molar-refractivity contribution is -0.173. The Balaban J connectivity index is 1.89. The molecule has 1 saturated heterocycles. The number of amides is 2. The number of nitrogens with zero attached hydrogens (tertiary/aromatic N) is 2. The molecule has 2 amide bonds. The van der Waals surface area contributed by atoms with Crippen LogP contribution in [0.1, 0.15) is 30.5 Å². The van der Waals surface area contributed by atoms with E-state index in [1.54, 1.807) is 0 Å². The SMILES string of the molecule is CCC(c1ccc(CCNC(=O)C(F)(F)F)cc1)N1CCN(C(=O)O)CC1. The van der Waals surface area contributed by atoms with Gasteiger partial charge in [-0.3, -0.25) is 9.69 Å². The van der Waals surface area contributed by atoms with E-state index >= 15 is 0 Å². The number of halogens is 3. The summed E-state index contributed by atoms with van der Waals surface area (Å²) in [6, 6.07) is 7.76. The van der Waals surface area contributed by atoms with Crippen LogP contribution in [0.25, 0.3) is 0 Å². The van der Waals surface area contributed by atoms with Gasteiger partial charge in [-0.15, -0.1) is 0 Å². The molecule has 27 heavy (non-hydrogen) atoms. The minimum absolute atomic E-state index is 0.0773. The number of nitrogens with one attached hydrogen (secondary N) is 1. The smallest absolute Gasteiger partial charge is 0.465 e. The van der Waals surface area contributed by atoms with Crippen LogP contribution in [0.4, 0.5) is 18.0 Å². The van der Waals surface area contributed by atoms with Crippen LogP contribution in [0, 0.1) is 0 Å². The molecular weight excluding hydrogens is 363 g/mol. The Morgan fingerprint density at radius 2 is 1.74 bits per heavy atom. The molecule has 2 N–H and O–H groups in total. The molecule has 1 fully saturated rings. The van der Waals surface area contributed by atoms with E-state index in [4.69, 9.17) is 5.11 Å². The first kappa shape index (κ1) is 21.0. The van der Waals surface area contributed by atoms with Crippen molar-refractivity contribution in [2.45, 2.75) is 32.0 Å². The van der Waals surface area contributed by atoms with Gasteiger partial charge in [-0.2, -0.15) is 13.2 Å². The highest BCUT2D eigenvalue weighted by Crippen LogP contribution is 2.26. The number of piperazine rings is 1. The standard InChI is InChI=1S/C18H24F3N3O3/c1-2-15(23-9-11-24(12-10-23)17(26)27)14-5-3-13(4-6-14)7-8-22-16(25)18(19,20)21/h3-6,15H,2,7-12H2,1H3,(H,22,25)(H,26,27). The summed E-state index contributed by atoms with van der Waals surface area (Å²) in [6.07, 6.45) is -4.57. The molecule has 0 aliphatic carbocycles. The van der Waals surface area contributed by atoms with E-state index < -0.39 is 18.2 Å². The number of benzene rings is 1. The molecule has 1 atom stereocenters. The number of carbonyl (C=O) groups is 2.